The average molecular weight is 311 g/mol. The van der Waals surface area contributed by atoms with Gasteiger partial charge in [0.1, 0.15) is 12.0 Å². The number of benzene rings is 1. The number of esters is 1. The Morgan fingerprint density at radius 2 is 1.83 bits per heavy atom. The van der Waals surface area contributed by atoms with Crippen molar-refractivity contribution < 1.29 is 14.3 Å². The number of rotatable bonds is 4. The van der Waals surface area contributed by atoms with Crippen molar-refractivity contribution in [2.45, 2.75) is 39.7 Å². The number of hydrogen-bond acceptors (Lipinski definition) is 4. The fourth-order valence-electron chi connectivity index (χ4n) is 2.12. The van der Waals surface area contributed by atoms with Crippen LogP contribution in [-0.4, -0.2) is 22.3 Å². The third-order valence-corrected chi connectivity index (χ3v) is 3.15. The van der Waals surface area contributed by atoms with E-state index in [-0.39, 0.29) is 12.2 Å². The number of hydrogen-bond donors (Lipinski definition) is 0. The topological polar surface area (TPSA) is 56.3 Å². The zero-order valence-corrected chi connectivity index (χ0v) is 13.9. The van der Waals surface area contributed by atoms with Gasteiger partial charge in [-0.25, -0.2) is 0 Å². The predicted molar refractivity (Wildman–Crippen MR) is 89.2 cm³/mol. The third-order valence-electron chi connectivity index (χ3n) is 3.15. The first-order valence-corrected chi connectivity index (χ1v) is 7.53. The normalized spacial score (nSPS) is 11.1. The molecule has 0 aliphatic rings. The minimum atomic E-state index is -0.590. The first kappa shape index (κ1) is 16.9. The first-order chi connectivity index (χ1) is 10.7. The molecule has 2 aromatic rings. The molecule has 4 heteroatoms. The quantitative estimate of drug-likeness (QED) is 0.487. The molecule has 0 radical (unpaired) electrons. The number of Topliss-reactive ketones (excluding diaryl/α,β-unsaturated/α-hetero) is 1. The number of nitrogens with zero attached hydrogens (tertiary/aromatic N) is 1. The molecular formula is C19H21NO3. The third kappa shape index (κ3) is 5.02. The van der Waals surface area contributed by atoms with E-state index in [1.54, 1.807) is 45.2 Å². The number of aryl methyl sites for hydroxylation is 1. The van der Waals surface area contributed by atoms with Crippen molar-refractivity contribution in [3.05, 3.63) is 53.9 Å². The van der Waals surface area contributed by atoms with Crippen LogP contribution in [0.3, 0.4) is 0 Å². The molecule has 23 heavy (non-hydrogen) atoms. The summed E-state index contributed by atoms with van der Waals surface area (Å²) in [5.41, 5.74) is 2.67. The lowest BCUT2D eigenvalue weighted by Gasteiger charge is -2.19. The zero-order valence-electron chi connectivity index (χ0n) is 13.9. The number of ether oxygens (including phenoxy) is 1. The van der Waals surface area contributed by atoms with Crippen molar-refractivity contribution in [1.29, 1.82) is 0 Å². The molecule has 0 atom stereocenters. The number of carbonyl (C=O) groups is 2. The molecule has 1 aromatic heterocycles. The highest BCUT2D eigenvalue weighted by Gasteiger charge is 2.19. The smallest absolute Gasteiger partial charge is 0.314 e. The Balaban J connectivity index is 2.14. The zero-order chi connectivity index (χ0) is 17.0. The van der Waals surface area contributed by atoms with E-state index < -0.39 is 11.6 Å². The van der Waals surface area contributed by atoms with Crippen LogP contribution in [0.4, 0.5) is 0 Å². The van der Waals surface area contributed by atoms with Gasteiger partial charge in [-0.2, -0.15) is 0 Å². The molecule has 0 N–H and O–H groups in total. The highest BCUT2D eigenvalue weighted by molar-refractivity contribution is 6.06. The Hall–Kier alpha value is -2.49. The Morgan fingerprint density at radius 1 is 1.09 bits per heavy atom. The van der Waals surface area contributed by atoms with Gasteiger partial charge in [-0.15, -0.1) is 0 Å². The van der Waals surface area contributed by atoms with Crippen LogP contribution in [0.5, 0.6) is 0 Å². The Kier molecular flexibility index (Phi) is 4.94. The lowest BCUT2D eigenvalue weighted by molar-refractivity contribution is -0.153. The monoisotopic (exact) mass is 311 g/mol. The second kappa shape index (κ2) is 6.73. The van der Waals surface area contributed by atoms with Crippen LogP contribution >= 0.6 is 0 Å². The van der Waals surface area contributed by atoms with Gasteiger partial charge in [-0.1, -0.05) is 24.3 Å². The van der Waals surface area contributed by atoms with E-state index in [9.17, 15) is 9.59 Å². The molecule has 0 saturated heterocycles. The number of aromatic nitrogens is 1. The minimum Gasteiger partial charge on any atom is -0.460 e. The van der Waals surface area contributed by atoms with Gasteiger partial charge in [0, 0.05) is 23.0 Å². The Morgan fingerprint density at radius 3 is 2.43 bits per heavy atom. The van der Waals surface area contributed by atoms with Gasteiger partial charge in [0.15, 0.2) is 5.78 Å². The van der Waals surface area contributed by atoms with Crippen molar-refractivity contribution in [3.8, 4) is 11.1 Å². The molecule has 120 valence electrons. The summed E-state index contributed by atoms with van der Waals surface area (Å²) in [5.74, 6) is -0.758. The van der Waals surface area contributed by atoms with Crippen molar-refractivity contribution in [1.82, 2.24) is 4.98 Å². The van der Waals surface area contributed by atoms with Crippen molar-refractivity contribution in [3.63, 3.8) is 0 Å². The maximum absolute atomic E-state index is 12.3. The van der Waals surface area contributed by atoms with E-state index in [1.807, 2.05) is 25.1 Å². The summed E-state index contributed by atoms with van der Waals surface area (Å²) in [6, 6.07) is 11.1. The molecule has 1 aromatic carbocycles. The van der Waals surface area contributed by atoms with Crippen molar-refractivity contribution >= 4 is 11.8 Å². The summed E-state index contributed by atoms with van der Waals surface area (Å²) < 4.78 is 5.19. The minimum absolute atomic E-state index is 0.249. The Labute approximate surface area is 136 Å². The molecule has 0 amide bonds. The number of pyridine rings is 1. The van der Waals surface area contributed by atoms with Crippen LogP contribution < -0.4 is 0 Å². The van der Waals surface area contributed by atoms with Gasteiger partial charge in [0.05, 0.1) is 0 Å². The van der Waals surface area contributed by atoms with E-state index in [4.69, 9.17) is 4.74 Å². The highest BCUT2D eigenvalue weighted by atomic mass is 16.6. The number of ketones is 1. The SMILES string of the molecule is Cc1ccc(-c2cccc(C(=O)CC(=O)OC(C)(C)C)c2)cn1. The molecule has 2 rings (SSSR count). The van der Waals surface area contributed by atoms with Crippen LogP contribution in [0, 0.1) is 6.92 Å². The summed E-state index contributed by atoms with van der Waals surface area (Å²) in [6.07, 6.45) is 1.51. The van der Waals surface area contributed by atoms with E-state index in [0.717, 1.165) is 16.8 Å². The maximum Gasteiger partial charge on any atom is 0.314 e. The molecule has 0 bridgehead atoms. The summed E-state index contributed by atoms with van der Waals surface area (Å²) in [4.78, 5) is 28.3. The molecule has 1 heterocycles. The van der Waals surface area contributed by atoms with Gasteiger partial charge in [-0.05, 0) is 45.4 Å². The van der Waals surface area contributed by atoms with Crippen molar-refractivity contribution in [2.75, 3.05) is 0 Å². The molecule has 0 saturated carbocycles. The van der Waals surface area contributed by atoms with E-state index in [0.29, 0.717) is 5.56 Å². The van der Waals surface area contributed by atoms with Gasteiger partial charge in [0.2, 0.25) is 0 Å². The van der Waals surface area contributed by atoms with Crippen LogP contribution in [0.25, 0.3) is 11.1 Å². The van der Waals surface area contributed by atoms with Gasteiger partial charge in [-0.3, -0.25) is 14.6 Å². The fraction of sp³-hybridized carbons (Fsp3) is 0.316. The number of carbonyl (C=O) groups excluding carboxylic acids is 2. The molecule has 0 aliphatic heterocycles. The second-order valence-electron chi connectivity index (χ2n) is 6.46. The van der Waals surface area contributed by atoms with E-state index in [2.05, 4.69) is 4.98 Å². The summed E-state index contributed by atoms with van der Waals surface area (Å²) >= 11 is 0. The van der Waals surface area contributed by atoms with Crippen LogP contribution in [0.1, 0.15) is 43.2 Å². The summed E-state index contributed by atoms with van der Waals surface area (Å²) in [6.45, 7) is 7.26. The summed E-state index contributed by atoms with van der Waals surface area (Å²) in [7, 11) is 0. The summed E-state index contributed by atoms with van der Waals surface area (Å²) in [5, 5.41) is 0. The van der Waals surface area contributed by atoms with Gasteiger partial charge >= 0.3 is 5.97 Å². The first-order valence-electron chi connectivity index (χ1n) is 7.53. The lowest BCUT2D eigenvalue weighted by Crippen LogP contribution is -2.25. The second-order valence-corrected chi connectivity index (χ2v) is 6.46. The average Bonchev–Trinajstić information content (AvgIpc) is 2.46. The highest BCUT2D eigenvalue weighted by Crippen LogP contribution is 2.21. The molecule has 0 spiro atoms. The van der Waals surface area contributed by atoms with Gasteiger partial charge < -0.3 is 4.74 Å². The van der Waals surface area contributed by atoms with Crippen LogP contribution in [-0.2, 0) is 9.53 Å². The molecule has 0 unspecified atom stereocenters. The van der Waals surface area contributed by atoms with E-state index in [1.165, 1.54) is 0 Å². The van der Waals surface area contributed by atoms with Crippen LogP contribution in [0.15, 0.2) is 42.6 Å². The van der Waals surface area contributed by atoms with Crippen LogP contribution in [0.2, 0.25) is 0 Å². The van der Waals surface area contributed by atoms with E-state index >= 15 is 0 Å². The fourth-order valence-corrected chi connectivity index (χ4v) is 2.12. The lowest BCUT2D eigenvalue weighted by atomic mass is 10.0. The molecule has 0 aliphatic carbocycles. The van der Waals surface area contributed by atoms with Crippen molar-refractivity contribution in [2.24, 2.45) is 0 Å². The molecule has 0 fully saturated rings. The Bertz CT molecular complexity index is 712. The predicted octanol–water partition coefficient (Wildman–Crippen LogP) is 3.97. The maximum atomic E-state index is 12.3. The molecular weight excluding hydrogens is 290 g/mol. The van der Waals surface area contributed by atoms with Gasteiger partial charge in [0.25, 0.3) is 0 Å². The standard InChI is InChI=1S/C19H21NO3/c1-13-8-9-16(12-20-13)14-6-5-7-15(10-14)17(21)11-18(22)23-19(2,3)4/h5-10,12H,11H2,1-4H3. The largest absolute Gasteiger partial charge is 0.460 e. The molecule has 4 nitrogen and oxygen atoms in total.